The monoisotopic (exact) mass is 375 g/mol. The average molecular weight is 376 g/mol. The summed E-state index contributed by atoms with van der Waals surface area (Å²) in [5.74, 6) is -0.132. The van der Waals surface area contributed by atoms with Crippen LogP contribution in [0.15, 0.2) is 20.4 Å². The number of thiophene rings is 1. The Kier molecular flexibility index (Phi) is 4.55. The van der Waals surface area contributed by atoms with Gasteiger partial charge in [0, 0.05) is 16.5 Å². The van der Waals surface area contributed by atoms with Gasteiger partial charge < -0.3 is 5.11 Å². The van der Waals surface area contributed by atoms with Crippen LogP contribution in [-0.4, -0.2) is 31.6 Å². The zero-order valence-electron chi connectivity index (χ0n) is 11.3. The minimum Gasteiger partial charge on any atom is -0.481 e. The summed E-state index contributed by atoms with van der Waals surface area (Å²) in [5.41, 5.74) is 0.750. The highest BCUT2D eigenvalue weighted by Crippen LogP contribution is 2.33. The zero-order chi connectivity index (χ0) is 14.9. The normalized spacial score (nSPS) is 11.8. The lowest BCUT2D eigenvalue weighted by Gasteiger charge is -2.24. The van der Waals surface area contributed by atoms with Gasteiger partial charge in [0.15, 0.2) is 11.0 Å². The molecule has 0 fully saturated rings. The molecule has 0 amide bonds. The predicted octanol–water partition coefficient (Wildman–Crippen LogP) is 3.70. The Morgan fingerprint density at radius 1 is 1.50 bits per heavy atom. The maximum absolute atomic E-state index is 10.7. The molecule has 0 atom stereocenters. The van der Waals surface area contributed by atoms with Crippen molar-refractivity contribution in [2.75, 3.05) is 5.75 Å². The number of thioether (sulfide) groups is 1. The second-order valence-electron chi connectivity index (χ2n) is 5.13. The van der Waals surface area contributed by atoms with Crippen molar-refractivity contribution in [2.45, 2.75) is 31.5 Å². The summed E-state index contributed by atoms with van der Waals surface area (Å²) in [5, 5.41) is 19.8. The fourth-order valence-electron chi connectivity index (χ4n) is 1.71. The van der Waals surface area contributed by atoms with Crippen LogP contribution in [0.25, 0.3) is 11.4 Å². The summed E-state index contributed by atoms with van der Waals surface area (Å²) in [6, 6.07) is 1.99. The quantitative estimate of drug-likeness (QED) is 0.825. The van der Waals surface area contributed by atoms with E-state index in [1.165, 1.54) is 11.8 Å². The Bertz CT molecular complexity index is 631. The summed E-state index contributed by atoms with van der Waals surface area (Å²) in [7, 11) is 0. The van der Waals surface area contributed by atoms with Crippen molar-refractivity contribution in [3.8, 4) is 11.4 Å². The summed E-state index contributed by atoms with van der Waals surface area (Å²) >= 11 is 6.21. The number of rotatable bonds is 4. The number of carboxylic acid groups (broad SMARTS) is 1. The van der Waals surface area contributed by atoms with Crippen LogP contribution in [0, 0.1) is 0 Å². The molecule has 5 nitrogen and oxygen atoms in total. The van der Waals surface area contributed by atoms with Gasteiger partial charge in [-0.2, -0.15) is 0 Å². The molecule has 0 aliphatic heterocycles. The molecule has 2 rings (SSSR count). The van der Waals surface area contributed by atoms with Gasteiger partial charge in [-0.05, 0) is 42.8 Å². The fraction of sp³-hybridized carbons (Fsp3) is 0.417. The molecule has 2 aromatic heterocycles. The first-order valence-corrected chi connectivity index (χ1v) is 8.50. The molecule has 2 heterocycles. The number of hydrogen-bond donors (Lipinski definition) is 1. The third-order valence-corrected chi connectivity index (χ3v) is 4.87. The highest BCUT2D eigenvalue weighted by molar-refractivity contribution is 9.11. The van der Waals surface area contributed by atoms with E-state index in [2.05, 4.69) is 26.1 Å². The Labute approximate surface area is 133 Å². The van der Waals surface area contributed by atoms with E-state index >= 15 is 0 Å². The standard InChI is InChI=1S/C12H14BrN3O2S2/c1-12(2,3)16-10(7-4-8(13)19-5-7)14-15-11(16)20-6-9(17)18/h4-5H,6H2,1-3H3,(H,17,18). The molecule has 0 aromatic carbocycles. The second-order valence-corrected chi connectivity index (χ2v) is 8.37. The zero-order valence-corrected chi connectivity index (χ0v) is 14.5. The third-order valence-electron chi connectivity index (χ3n) is 2.45. The second kappa shape index (κ2) is 5.87. The number of nitrogens with zero attached hydrogens (tertiary/aromatic N) is 3. The van der Waals surface area contributed by atoms with Crippen LogP contribution >= 0.6 is 39.0 Å². The molecule has 1 N–H and O–H groups in total. The van der Waals surface area contributed by atoms with Crippen LogP contribution in [0.5, 0.6) is 0 Å². The van der Waals surface area contributed by atoms with E-state index in [4.69, 9.17) is 5.11 Å². The lowest BCUT2D eigenvalue weighted by molar-refractivity contribution is -0.133. The van der Waals surface area contributed by atoms with Gasteiger partial charge in [-0.15, -0.1) is 21.5 Å². The molecule has 0 unspecified atom stereocenters. The van der Waals surface area contributed by atoms with Gasteiger partial charge in [-0.25, -0.2) is 0 Å². The topological polar surface area (TPSA) is 68.0 Å². The van der Waals surface area contributed by atoms with E-state index in [1.54, 1.807) is 11.3 Å². The summed E-state index contributed by atoms with van der Waals surface area (Å²) < 4.78 is 3.01. The van der Waals surface area contributed by atoms with E-state index in [0.29, 0.717) is 5.16 Å². The Balaban J connectivity index is 2.45. The fourth-order valence-corrected chi connectivity index (χ4v) is 3.68. The van der Waals surface area contributed by atoms with Crippen LogP contribution in [0.1, 0.15) is 20.8 Å². The average Bonchev–Trinajstić information content (AvgIpc) is 2.90. The van der Waals surface area contributed by atoms with Crippen LogP contribution in [-0.2, 0) is 10.3 Å². The van der Waals surface area contributed by atoms with Crippen molar-refractivity contribution in [2.24, 2.45) is 0 Å². The molecular formula is C12H14BrN3O2S2. The maximum atomic E-state index is 10.7. The molecule has 0 aliphatic rings. The molecule has 2 aromatic rings. The molecule has 0 spiro atoms. The van der Waals surface area contributed by atoms with Gasteiger partial charge in [0.05, 0.1) is 9.54 Å². The number of halogens is 1. The van der Waals surface area contributed by atoms with E-state index in [1.807, 2.05) is 36.8 Å². The number of aliphatic carboxylic acids is 1. The van der Waals surface area contributed by atoms with E-state index in [0.717, 1.165) is 15.2 Å². The van der Waals surface area contributed by atoms with Crippen LogP contribution in [0.2, 0.25) is 0 Å². The summed E-state index contributed by atoms with van der Waals surface area (Å²) in [6.45, 7) is 6.14. The van der Waals surface area contributed by atoms with Gasteiger partial charge in [0.25, 0.3) is 0 Å². The summed E-state index contributed by atoms with van der Waals surface area (Å²) in [4.78, 5) is 10.7. The first-order valence-electron chi connectivity index (χ1n) is 5.84. The number of hydrogen-bond acceptors (Lipinski definition) is 5. The van der Waals surface area contributed by atoms with Crippen molar-refractivity contribution < 1.29 is 9.90 Å². The van der Waals surface area contributed by atoms with Crippen molar-refractivity contribution in [1.82, 2.24) is 14.8 Å². The molecule has 0 radical (unpaired) electrons. The van der Waals surface area contributed by atoms with E-state index < -0.39 is 5.97 Å². The van der Waals surface area contributed by atoms with Gasteiger partial charge >= 0.3 is 5.97 Å². The Morgan fingerprint density at radius 3 is 2.70 bits per heavy atom. The van der Waals surface area contributed by atoms with Crippen LogP contribution in [0.4, 0.5) is 0 Å². The number of aromatic nitrogens is 3. The smallest absolute Gasteiger partial charge is 0.313 e. The number of carboxylic acids is 1. The van der Waals surface area contributed by atoms with Gasteiger partial charge in [0.1, 0.15) is 0 Å². The van der Waals surface area contributed by atoms with Crippen molar-refractivity contribution in [1.29, 1.82) is 0 Å². The molecule has 0 saturated heterocycles. The van der Waals surface area contributed by atoms with Gasteiger partial charge in [0.2, 0.25) is 0 Å². The predicted molar refractivity (Wildman–Crippen MR) is 84.4 cm³/mol. The molecule has 0 bridgehead atoms. The van der Waals surface area contributed by atoms with Gasteiger partial charge in [-0.3, -0.25) is 9.36 Å². The van der Waals surface area contributed by atoms with Crippen molar-refractivity contribution >= 4 is 45.0 Å². The third kappa shape index (κ3) is 3.42. The first kappa shape index (κ1) is 15.5. The highest BCUT2D eigenvalue weighted by atomic mass is 79.9. The SMILES string of the molecule is CC(C)(C)n1c(SCC(=O)O)nnc1-c1csc(Br)c1. The van der Waals surface area contributed by atoms with E-state index in [9.17, 15) is 4.79 Å². The largest absolute Gasteiger partial charge is 0.481 e. The molecule has 108 valence electrons. The van der Waals surface area contributed by atoms with Crippen molar-refractivity contribution in [3.05, 3.63) is 15.2 Å². The minimum absolute atomic E-state index is 0.0262. The molecular weight excluding hydrogens is 362 g/mol. The Morgan fingerprint density at radius 2 is 2.20 bits per heavy atom. The Hall–Kier alpha value is -0.860. The van der Waals surface area contributed by atoms with E-state index in [-0.39, 0.29) is 11.3 Å². The summed E-state index contributed by atoms with van der Waals surface area (Å²) in [6.07, 6.45) is 0. The van der Waals surface area contributed by atoms with Crippen molar-refractivity contribution in [3.63, 3.8) is 0 Å². The molecule has 20 heavy (non-hydrogen) atoms. The lowest BCUT2D eigenvalue weighted by atomic mass is 10.1. The maximum Gasteiger partial charge on any atom is 0.313 e. The first-order chi connectivity index (χ1) is 9.29. The molecule has 0 saturated carbocycles. The molecule has 0 aliphatic carbocycles. The number of carbonyl (C=O) groups is 1. The highest BCUT2D eigenvalue weighted by Gasteiger charge is 2.25. The van der Waals surface area contributed by atoms with Crippen LogP contribution in [0.3, 0.4) is 0 Å². The minimum atomic E-state index is -0.863. The lowest BCUT2D eigenvalue weighted by Crippen LogP contribution is -2.24. The van der Waals surface area contributed by atoms with Crippen LogP contribution < -0.4 is 0 Å². The van der Waals surface area contributed by atoms with Gasteiger partial charge in [-0.1, -0.05) is 11.8 Å². The molecule has 8 heteroatoms.